The predicted molar refractivity (Wildman–Crippen MR) is 168 cm³/mol. The van der Waals surface area contributed by atoms with Gasteiger partial charge in [-0.15, -0.1) is 0 Å². The zero-order valence-corrected chi connectivity index (χ0v) is 25.4. The molecule has 0 aliphatic heterocycles. The molecule has 0 bridgehead atoms. The number of benzene rings is 2. The normalized spacial score (nSPS) is 12.8. The Kier molecular flexibility index (Phi) is 15.0. The number of carboxylic acids is 1. The van der Waals surface area contributed by atoms with Crippen molar-refractivity contribution in [2.24, 2.45) is 0 Å². The van der Waals surface area contributed by atoms with Crippen molar-refractivity contribution >= 4 is 18.0 Å². The van der Waals surface area contributed by atoms with Crippen LogP contribution in [0.5, 0.6) is 0 Å². The highest BCUT2D eigenvalue weighted by Gasteiger charge is 2.29. The van der Waals surface area contributed by atoms with Crippen LogP contribution in [0.1, 0.15) is 120 Å². The Morgan fingerprint density at radius 2 is 1.26 bits per heavy atom. The van der Waals surface area contributed by atoms with Gasteiger partial charge < -0.3 is 20.5 Å². The second kappa shape index (κ2) is 19.0. The molecule has 2 aromatic carbocycles. The van der Waals surface area contributed by atoms with E-state index in [1.807, 2.05) is 36.4 Å². The molecule has 3 rings (SSSR count). The van der Waals surface area contributed by atoms with Crippen molar-refractivity contribution < 1.29 is 24.2 Å². The average molecular weight is 579 g/mol. The molecule has 42 heavy (non-hydrogen) atoms. The highest BCUT2D eigenvalue weighted by atomic mass is 16.5. The number of amides is 2. The zero-order valence-electron chi connectivity index (χ0n) is 25.4. The molecule has 1 aliphatic carbocycles. The molecule has 0 saturated heterocycles. The first-order valence-corrected chi connectivity index (χ1v) is 16.1. The quantitative estimate of drug-likeness (QED) is 0.130. The maximum absolute atomic E-state index is 12.5. The number of rotatable bonds is 21. The first-order valence-electron chi connectivity index (χ1n) is 16.1. The summed E-state index contributed by atoms with van der Waals surface area (Å²) in [5.74, 6) is -1.34. The van der Waals surface area contributed by atoms with E-state index in [9.17, 15) is 19.5 Å². The van der Waals surface area contributed by atoms with Crippen LogP contribution >= 0.6 is 0 Å². The third kappa shape index (κ3) is 11.1. The van der Waals surface area contributed by atoms with Gasteiger partial charge in [0.2, 0.25) is 5.91 Å². The van der Waals surface area contributed by atoms with Crippen molar-refractivity contribution in [2.75, 3.05) is 13.2 Å². The van der Waals surface area contributed by atoms with Gasteiger partial charge in [0, 0.05) is 18.9 Å². The van der Waals surface area contributed by atoms with Gasteiger partial charge in [0.15, 0.2) is 0 Å². The molecule has 7 nitrogen and oxygen atoms in total. The molecule has 0 unspecified atom stereocenters. The molecule has 3 N–H and O–H groups in total. The maximum atomic E-state index is 12.5. The van der Waals surface area contributed by atoms with E-state index in [1.54, 1.807) is 0 Å². The molecule has 2 aromatic rings. The van der Waals surface area contributed by atoms with E-state index in [0.717, 1.165) is 41.5 Å². The fraction of sp³-hybridized carbons (Fsp3) is 0.571. The number of fused-ring (bicyclic) bond motifs is 3. The number of hydrogen-bond donors (Lipinski definition) is 3. The molecule has 0 saturated carbocycles. The summed E-state index contributed by atoms with van der Waals surface area (Å²) in [7, 11) is 0. The molecule has 2 amide bonds. The SMILES string of the molecule is CCCCCCCCCCCCCCCC(=O)NCC[C@H](NC(=O)OCC1c2ccccc2-c2ccccc21)C(=O)O. The molecular weight excluding hydrogens is 528 g/mol. The summed E-state index contributed by atoms with van der Waals surface area (Å²) in [6.45, 7) is 2.54. The molecule has 1 aliphatic rings. The summed E-state index contributed by atoms with van der Waals surface area (Å²) in [5.41, 5.74) is 4.43. The lowest BCUT2D eigenvalue weighted by molar-refractivity contribution is -0.139. The summed E-state index contributed by atoms with van der Waals surface area (Å²) in [5, 5.41) is 14.8. The number of carboxylic acid groups (broad SMARTS) is 1. The van der Waals surface area contributed by atoms with Gasteiger partial charge in [-0.3, -0.25) is 4.79 Å². The van der Waals surface area contributed by atoms with Gasteiger partial charge in [0.25, 0.3) is 0 Å². The summed E-state index contributed by atoms with van der Waals surface area (Å²) in [4.78, 5) is 36.4. The number of ether oxygens (including phenoxy) is 1. The van der Waals surface area contributed by atoms with Crippen molar-refractivity contribution in [3.05, 3.63) is 59.7 Å². The Morgan fingerprint density at radius 1 is 0.762 bits per heavy atom. The Balaban J connectivity index is 1.25. The second-order valence-electron chi connectivity index (χ2n) is 11.5. The Hall–Kier alpha value is -3.35. The number of unbranched alkanes of at least 4 members (excludes halogenated alkanes) is 12. The maximum Gasteiger partial charge on any atom is 0.407 e. The number of nitrogens with one attached hydrogen (secondary N) is 2. The highest BCUT2D eigenvalue weighted by molar-refractivity contribution is 5.81. The molecule has 0 fully saturated rings. The highest BCUT2D eigenvalue weighted by Crippen LogP contribution is 2.44. The van der Waals surface area contributed by atoms with Crippen LogP contribution in [0.25, 0.3) is 11.1 Å². The summed E-state index contributed by atoms with van der Waals surface area (Å²) < 4.78 is 5.48. The topological polar surface area (TPSA) is 105 Å². The van der Waals surface area contributed by atoms with Gasteiger partial charge in [-0.05, 0) is 35.1 Å². The number of carbonyl (C=O) groups is 3. The molecule has 7 heteroatoms. The molecule has 230 valence electrons. The van der Waals surface area contributed by atoms with Crippen molar-refractivity contribution in [1.29, 1.82) is 0 Å². The number of hydrogen-bond acceptors (Lipinski definition) is 4. The molecule has 1 atom stereocenters. The van der Waals surface area contributed by atoms with Gasteiger partial charge in [0.1, 0.15) is 12.6 Å². The van der Waals surface area contributed by atoms with Crippen LogP contribution in [0.4, 0.5) is 4.79 Å². The first kappa shape index (κ1) is 33.2. The predicted octanol–water partition coefficient (Wildman–Crippen LogP) is 7.97. The van der Waals surface area contributed by atoms with E-state index in [4.69, 9.17) is 4.74 Å². The summed E-state index contributed by atoms with van der Waals surface area (Å²) in [6, 6.07) is 14.9. The van der Waals surface area contributed by atoms with Crippen LogP contribution in [0, 0.1) is 0 Å². The van der Waals surface area contributed by atoms with Crippen molar-refractivity contribution in [2.45, 2.75) is 115 Å². The van der Waals surface area contributed by atoms with Gasteiger partial charge in [-0.25, -0.2) is 9.59 Å². The average Bonchev–Trinajstić information content (AvgIpc) is 3.31. The summed E-state index contributed by atoms with van der Waals surface area (Å²) in [6.07, 6.45) is 16.0. The third-order valence-electron chi connectivity index (χ3n) is 8.20. The molecule has 0 heterocycles. The Bertz CT molecular complexity index is 1070. The minimum Gasteiger partial charge on any atom is -0.480 e. The van der Waals surface area contributed by atoms with E-state index < -0.39 is 18.1 Å². The number of carbonyl (C=O) groups excluding carboxylic acids is 2. The third-order valence-corrected chi connectivity index (χ3v) is 8.20. The standard InChI is InChI=1S/C35H50N2O5/c1-2-3-4-5-6-7-8-9-10-11-12-13-14-23-33(38)36-25-24-32(34(39)40)37-35(41)42-26-31-29-21-17-15-19-27(29)28-20-16-18-22-30(28)31/h15-22,31-32H,2-14,23-26H2,1H3,(H,36,38)(H,37,41)(H,39,40)/t32-/m0/s1. The van der Waals surface area contributed by atoms with E-state index >= 15 is 0 Å². The smallest absolute Gasteiger partial charge is 0.407 e. The monoisotopic (exact) mass is 578 g/mol. The molecule has 0 aromatic heterocycles. The molecule has 0 radical (unpaired) electrons. The lowest BCUT2D eigenvalue weighted by Crippen LogP contribution is -2.43. The van der Waals surface area contributed by atoms with Gasteiger partial charge in [0.05, 0.1) is 0 Å². The van der Waals surface area contributed by atoms with Crippen LogP contribution in [-0.4, -0.2) is 42.3 Å². The van der Waals surface area contributed by atoms with Crippen LogP contribution in [0.3, 0.4) is 0 Å². The van der Waals surface area contributed by atoms with Crippen LogP contribution in [0.2, 0.25) is 0 Å². The largest absolute Gasteiger partial charge is 0.480 e. The number of aliphatic carboxylic acids is 1. The van der Waals surface area contributed by atoms with Crippen LogP contribution in [0.15, 0.2) is 48.5 Å². The van der Waals surface area contributed by atoms with Crippen LogP contribution in [-0.2, 0) is 14.3 Å². The van der Waals surface area contributed by atoms with Gasteiger partial charge in [-0.2, -0.15) is 0 Å². The van der Waals surface area contributed by atoms with Crippen molar-refractivity contribution in [3.63, 3.8) is 0 Å². The zero-order chi connectivity index (χ0) is 30.0. The number of alkyl carbamates (subject to hydrolysis) is 1. The van der Waals surface area contributed by atoms with Gasteiger partial charge >= 0.3 is 12.1 Å². The fourth-order valence-corrected chi connectivity index (χ4v) is 5.79. The molecular formula is C35H50N2O5. The van der Waals surface area contributed by atoms with Crippen LogP contribution < -0.4 is 10.6 Å². The second-order valence-corrected chi connectivity index (χ2v) is 11.5. The van der Waals surface area contributed by atoms with Gasteiger partial charge in [-0.1, -0.05) is 133 Å². The minimum absolute atomic E-state index is 0.0802. The lowest BCUT2D eigenvalue weighted by Gasteiger charge is -2.17. The van der Waals surface area contributed by atoms with E-state index in [-0.39, 0.29) is 31.4 Å². The lowest BCUT2D eigenvalue weighted by atomic mass is 9.98. The summed E-state index contributed by atoms with van der Waals surface area (Å²) >= 11 is 0. The van der Waals surface area contributed by atoms with Crippen molar-refractivity contribution in [1.82, 2.24) is 10.6 Å². The van der Waals surface area contributed by atoms with Crippen molar-refractivity contribution in [3.8, 4) is 11.1 Å². The fourth-order valence-electron chi connectivity index (χ4n) is 5.79. The Labute approximate surface area is 251 Å². The van der Waals surface area contributed by atoms with E-state index in [2.05, 4.69) is 29.7 Å². The van der Waals surface area contributed by atoms with E-state index in [1.165, 1.54) is 64.2 Å². The Morgan fingerprint density at radius 3 is 1.79 bits per heavy atom. The van der Waals surface area contributed by atoms with E-state index in [0.29, 0.717) is 6.42 Å². The molecule has 0 spiro atoms. The minimum atomic E-state index is -1.16. The first-order chi connectivity index (χ1) is 20.5.